The van der Waals surface area contributed by atoms with Crippen molar-refractivity contribution < 1.29 is 19.4 Å². The molecule has 3 N–H and O–H groups in total. The fourth-order valence-corrected chi connectivity index (χ4v) is 10.4. The zero-order valence-electron chi connectivity index (χ0n) is 45.4. The Kier molecular flexibility index (Phi) is 12.4. The zero-order valence-corrected chi connectivity index (χ0v) is 45.4. The van der Waals surface area contributed by atoms with Gasteiger partial charge in [0.05, 0.1) is 52.0 Å². The molecular weight excluding hydrogens is 925 g/mol. The summed E-state index contributed by atoms with van der Waals surface area (Å²) in [4.78, 5) is 46.7. The Morgan fingerprint density at radius 2 is 0.760 bits per heavy atom. The number of carbonyl (C=O) groups is 2. The van der Waals surface area contributed by atoms with Gasteiger partial charge in [0.15, 0.2) is 0 Å². The third-order valence-electron chi connectivity index (χ3n) is 14.8. The summed E-state index contributed by atoms with van der Waals surface area (Å²) < 4.78 is 5.50. The molecule has 0 saturated heterocycles. The number of carboxylic acids is 1. The number of aromatic amines is 2. The Morgan fingerprint density at radius 3 is 1.09 bits per heavy atom. The highest BCUT2D eigenvalue weighted by atomic mass is 16.5. The van der Waals surface area contributed by atoms with Crippen molar-refractivity contribution in [3.8, 4) is 44.5 Å². The van der Waals surface area contributed by atoms with Gasteiger partial charge in [-0.1, -0.05) is 186 Å². The van der Waals surface area contributed by atoms with Gasteiger partial charge in [0, 0.05) is 44.1 Å². The number of aromatic nitrogens is 4. The summed E-state index contributed by atoms with van der Waals surface area (Å²) >= 11 is 0. The van der Waals surface area contributed by atoms with Gasteiger partial charge in [0.25, 0.3) is 0 Å². The van der Waals surface area contributed by atoms with Gasteiger partial charge in [-0.2, -0.15) is 0 Å². The minimum absolute atomic E-state index is 0.0526. The molecule has 8 bridgehead atoms. The summed E-state index contributed by atoms with van der Waals surface area (Å²) in [5, 5.41) is 11.9. The first-order chi connectivity index (χ1) is 35.4. The lowest BCUT2D eigenvalue weighted by molar-refractivity contribution is 0.0585. The summed E-state index contributed by atoms with van der Waals surface area (Å²) in [6.07, 6.45) is 8.21. The van der Waals surface area contributed by atoms with E-state index in [2.05, 4.69) is 220 Å². The normalized spacial score (nSPS) is 12.9. The molecule has 0 radical (unpaired) electrons. The van der Waals surface area contributed by atoms with E-state index in [0.717, 1.165) is 72.5 Å². The molecule has 378 valence electrons. The third kappa shape index (κ3) is 9.32. The van der Waals surface area contributed by atoms with Crippen molar-refractivity contribution in [3.05, 3.63) is 177 Å². The van der Waals surface area contributed by atoms with Crippen LogP contribution in [-0.4, -0.2) is 44.1 Å². The fraction of sp³-hybridized carbons (Fsp3) is 0.254. The van der Waals surface area contributed by atoms with Crippen molar-refractivity contribution >= 4 is 69.1 Å². The lowest BCUT2D eigenvalue weighted by Gasteiger charge is -2.19. The van der Waals surface area contributed by atoms with E-state index in [1.165, 1.54) is 24.3 Å². The van der Waals surface area contributed by atoms with Crippen LogP contribution < -0.4 is 0 Å². The van der Waals surface area contributed by atoms with E-state index >= 15 is 0 Å². The Hall–Kier alpha value is -8.10. The van der Waals surface area contributed by atoms with Crippen LogP contribution >= 0.6 is 0 Å². The largest absolute Gasteiger partial charge is 0.478 e. The molecule has 5 heterocycles. The van der Waals surface area contributed by atoms with Crippen molar-refractivity contribution in [2.24, 2.45) is 0 Å². The summed E-state index contributed by atoms with van der Waals surface area (Å²) in [6, 6.07) is 42.1. The first-order valence-corrected chi connectivity index (χ1v) is 25.8. The number of carboxylic acid groups (broad SMARTS) is 1. The molecule has 0 aliphatic carbocycles. The maximum atomic E-state index is 14.4. The van der Waals surface area contributed by atoms with E-state index in [1.54, 1.807) is 6.07 Å². The van der Waals surface area contributed by atoms with E-state index in [-0.39, 0.29) is 32.8 Å². The monoisotopic (exact) mass is 991 g/mol. The smallest absolute Gasteiger partial charge is 0.339 e. The molecule has 8 heteroatoms. The van der Waals surface area contributed by atoms with E-state index in [4.69, 9.17) is 14.7 Å². The summed E-state index contributed by atoms with van der Waals surface area (Å²) in [7, 11) is 1.29. The number of methoxy groups -OCH3 is 1. The quantitative estimate of drug-likeness (QED) is 0.143. The standard InChI is InChI=1S/C67H66N4O4/c1-64(2,3)42-22-14-38(15-23-42)54-48-32-33-49(68-48)55(39-16-24-43(25-17-39)65(4,5)6)51-35-37-53(70-51)57(41-20-28-45(29-21-41)67(10,11)12)61-58-46(30-31-47(62(72)73)59(58)63(74)75-13)60(71-61)56(52-36-34-50(54)69-52)40-18-26-44(27-19-40)66(7,8)9/h14-37,68,71H,1-13H3,(H,72,73). The van der Waals surface area contributed by atoms with Gasteiger partial charge in [0.1, 0.15) is 0 Å². The van der Waals surface area contributed by atoms with Gasteiger partial charge in [-0.15, -0.1) is 0 Å². The van der Waals surface area contributed by atoms with Crippen LogP contribution in [0, 0.1) is 0 Å². The van der Waals surface area contributed by atoms with Gasteiger partial charge in [-0.25, -0.2) is 19.6 Å². The molecule has 75 heavy (non-hydrogen) atoms. The van der Waals surface area contributed by atoms with Crippen LogP contribution in [0.1, 0.15) is 149 Å². The zero-order chi connectivity index (χ0) is 53.5. The minimum Gasteiger partial charge on any atom is -0.478 e. The van der Waals surface area contributed by atoms with Gasteiger partial charge >= 0.3 is 11.9 Å². The summed E-state index contributed by atoms with van der Waals surface area (Å²) in [5.41, 5.74) is 16.8. The average molecular weight is 991 g/mol. The molecule has 0 atom stereocenters. The molecule has 5 aromatic carbocycles. The van der Waals surface area contributed by atoms with E-state index in [9.17, 15) is 14.7 Å². The molecule has 3 aromatic heterocycles. The van der Waals surface area contributed by atoms with Gasteiger partial charge < -0.3 is 19.8 Å². The van der Waals surface area contributed by atoms with Crippen LogP contribution in [0.3, 0.4) is 0 Å². The molecule has 8 aromatic rings. The maximum Gasteiger partial charge on any atom is 0.339 e. The summed E-state index contributed by atoms with van der Waals surface area (Å²) in [6.45, 7) is 26.4. The Morgan fingerprint density at radius 1 is 0.427 bits per heavy atom. The van der Waals surface area contributed by atoms with Crippen molar-refractivity contribution in [2.45, 2.75) is 105 Å². The Balaban J connectivity index is 1.47. The number of hydrogen-bond donors (Lipinski definition) is 3. The Bertz CT molecular complexity index is 3840. The SMILES string of the molecule is COC(=O)c1c(C(=O)O)ccc2c3[nH]c(c(-c4ccc(C(C)(C)C)cc4)c4nc(c(-c5ccc(C(C)(C)C)cc5)c5ccc([nH]5)c(-c5ccc(C(C)(C)C)cc5)c5nc(c3-c3ccc(C(C)(C)C)cc3)C=C5)C=C4)c12. The molecule has 0 fully saturated rings. The number of hydrogen-bond acceptors (Lipinski definition) is 5. The van der Waals surface area contributed by atoms with Crippen molar-refractivity contribution in [2.75, 3.05) is 7.11 Å². The third-order valence-corrected chi connectivity index (χ3v) is 14.8. The van der Waals surface area contributed by atoms with E-state index < -0.39 is 11.9 Å². The molecular formula is C67H66N4O4. The van der Waals surface area contributed by atoms with Crippen LogP contribution in [0.4, 0.5) is 0 Å². The first-order valence-electron chi connectivity index (χ1n) is 25.8. The average Bonchev–Trinajstić information content (AvgIpc) is 4.22. The van der Waals surface area contributed by atoms with E-state index in [1.807, 2.05) is 6.08 Å². The highest BCUT2D eigenvalue weighted by Crippen LogP contribution is 2.44. The van der Waals surface area contributed by atoms with Crippen molar-refractivity contribution in [1.29, 1.82) is 0 Å². The fourth-order valence-electron chi connectivity index (χ4n) is 10.4. The van der Waals surface area contributed by atoms with Gasteiger partial charge in [-0.05, 0) is 109 Å². The van der Waals surface area contributed by atoms with Crippen LogP contribution in [0.2, 0.25) is 0 Å². The van der Waals surface area contributed by atoms with Gasteiger partial charge in [0.2, 0.25) is 0 Å². The molecule has 2 aliphatic heterocycles. The number of nitrogens with zero attached hydrogens (tertiary/aromatic N) is 2. The number of H-pyrrole nitrogens is 2. The second-order valence-electron chi connectivity index (χ2n) is 24.1. The summed E-state index contributed by atoms with van der Waals surface area (Å²) in [5.74, 6) is -2.02. The highest BCUT2D eigenvalue weighted by molar-refractivity contribution is 6.25. The van der Waals surface area contributed by atoms with Crippen LogP contribution in [0.25, 0.3) is 102 Å². The predicted octanol–water partition coefficient (Wildman–Crippen LogP) is 17.2. The number of carbonyl (C=O) groups excluding carboxylic acids is 1. The van der Waals surface area contributed by atoms with Crippen LogP contribution in [0.5, 0.6) is 0 Å². The molecule has 0 amide bonds. The number of ether oxygens (including phenoxy) is 1. The topological polar surface area (TPSA) is 121 Å². The minimum atomic E-state index is -1.25. The second kappa shape index (κ2) is 18.4. The number of fused-ring (bicyclic) bond motifs is 11. The number of benzene rings is 5. The van der Waals surface area contributed by atoms with Gasteiger partial charge in [-0.3, -0.25) is 0 Å². The number of rotatable bonds is 6. The first kappa shape index (κ1) is 50.4. The lowest BCUT2D eigenvalue weighted by Crippen LogP contribution is -2.11. The number of nitrogens with one attached hydrogen (secondary N) is 2. The highest BCUT2D eigenvalue weighted by Gasteiger charge is 2.29. The van der Waals surface area contributed by atoms with Crippen molar-refractivity contribution in [1.82, 2.24) is 19.9 Å². The molecule has 2 aliphatic rings. The lowest BCUT2D eigenvalue weighted by atomic mass is 9.86. The van der Waals surface area contributed by atoms with Crippen LogP contribution in [-0.2, 0) is 26.4 Å². The molecule has 0 spiro atoms. The maximum absolute atomic E-state index is 14.4. The Labute approximate surface area is 440 Å². The number of esters is 1. The van der Waals surface area contributed by atoms with Crippen molar-refractivity contribution in [3.63, 3.8) is 0 Å². The molecule has 0 saturated carbocycles. The second-order valence-corrected chi connectivity index (χ2v) is 24.1. The molecule has 8 nitrogen and oxygen atoms in total. The van der Waals surface area contributed by atoms with E-state index in [0.29, 0.717) is 38.8 Å². The molecule has 10 rings (SSSR count). The molecule has 0 unspecified atom stereocenters. The predicted molar refractivity (Wildman–Crippen MR) is 311 cm³/mol. The van der Waals surface area contributed by atoms with Crippen LogP contribution in [0.15, 0.2) is 121 Å². The number of aromatic carboxylic acids is 1.